The van der Waals surface area contributed by atoms with Gasteiger partial charge in [0.25, 0.3) is 0 Å². The highest BCUT2D eigenvalue weighted by atomic mass is 16.5. The largest absolute Gasteiger partial charge is 0.491 e. The predicted octanol–water partition coefficient (Wildman–Crippen LogP) is 4.39. The van der Waals surface area contributed by atoms with Gasteiger partial charge in [-0.1, -0.05) is 36.8 Å². The number of anilines is 1. The molecule has 0 spiro atoms. The standard InChI is InChI=1S/C30H37N7O2/c1-22(38)36(17-16-35-13-5-2-6-14-35)18-23-11-12-27(26-10-4-3-9-25(23)26)39-19-24-8-7-15-37(24)30-28-29(32-20-31-28)33-21-34-30/h3-4,9-12,20-21,24H,2,5-8,13-19H2,1H3,(H,31,32,33,34)/t24-/m1/s1. The van der Waals surface area contributed by atoms with Gasteiger partial charge < -0.3 is 24.4 Å². The van der Waals surface area contributed by atoms with Crippen LogP contribution in [0.4, 0.5) is 5.82 Å². The highest BCUT2D eigenvalue weighted by Gasteiger charge is 2.28. The third-order valence-corrected chi connectivity index (χ3v) is 8.20. The molecule has 2 aliphatic rings. The molecule has 2 saturated heterocycles. The molecule has 2 aromatic heterocycles. The van der Waals surface area contributed by atoms with Crippen molar-refractivity contribution in [3.63, 3.8) is 0 Å². The van der Waals surface area contributed by atoms with Crippen LogP contribution in [-0.2, 0) is 11.3 Å². The summed E-state index contributed by atoms with van der Waals surface area (Å²) in [5, 5.41) is 2.22. The number of amides is 1. The quantitative estimate of drug-likeness (QED) is 0.345. The Morgan fingerprint density at radius 1 is 1.03 bits per heavy atom. The molecular formula is C30H37N7O2. The second-order valence-corrected chi connectivity index (χ2v) is 10.7. The molecule has 9 heteroatoms. The molecule has 0 bridgehead atoms. The number of nitrogens with zero attached hydrogens (tertiary/aromatic N) is 6. The maximum atomic E-state index is 12.5. The van der Waals surface area contributed by atoms with Gasteiger partial charge in [-0.2, -0.15) is 0 Å². The third kappa shape index (κ3) is 5.54. The molecule has 2 aliphatic heterocycles. The summed E-state index contributed by atoms with van der Waals surface area (Å²) in [5.74, 6) is 1.88. The molecule has 1 N–H and O–H groups in total. The van der Waals surface area contributed by atoms with Crippen LogP contribution in [0.5, 0.6) is 5.75 Å². The van der Waals surface area contributed by atoms with E-state index < -0.39 is 0 Å². The minimum Gasteiger partial charge on any atom is -0.491 e. The minimum absolute atomic E-state index is 0.119. The molecule has 0 radical (unpaired) electrons. The number of ether oxygens (including phenoxy) is 1. The van der Waals surface area contributed by atoms with Gasteiger partial charge in [0.05, 0.1) is 12.4 Å². The molecule has 6 rings (SSSR count). The van der Waals surface area contributed by atoms with E-state index in [2.05, 4.69) is 66.1 Å². The molecule has 4 aromatic rings. The molecule has 2 aromatic carbocycles. The lowest BCUT2D eigenvalue weighted by atomic mass is 10.0. The van der Waals surface area contributed by atoms with E-state index in [0.717, 1.165) is 79.0 Å². The molecule has 0 aliphatic carbocycles. The second kappa shape index (κ2) is 11.6. The highest BCUT2D eigenvalue weighted by Crippen LogP contribution is 2.32. The number of fused-ring (bicyclic) bond motifs is 2. The van der Waals surface area contributed by atoms with Gasteiger partial charge in [0.1, 0.15) is 24.2 Å². The molecule has 204 valence electrons. The Morgan fingerprint density at radius 3 is 2.72 bits per heavy atom. The first-order valence-electron chi connectivity index (χ1n) is 14.2. The van der Waals surface area contributed by atoms with Crippen LogP contribution in [0.25, 0.3) is 21.9 Å². The Labute approximate surface area is 229 Å². The minimum atomic E-state index is 0.119. The fraction of sp³-hybridized carbons (Fsp3) is 0.467. The Morgan fingerprint density at radius 2 is 1.87 bits per heavy atom. The number of carbonyl (C=O) groups is 1. The van der Waals surface area contributed by atoms with Gasteiger partial charge in [0.2, 0.25) is 5.91 Å². The fourth-order valence-electron chi connectivity index (χ4n) is 6.04. The van der Waals surface area contributed by atoms with Crippen LogP contribution in [0.2, 0.25) is 0 Å². The SMILES string of the molecule is CC(=O)N(CCN1CCCCC1)Cc1ccc(OC[C@H]2CCCN2c2ncnc3nc[nH]c23)c2ccccc12. The fourth-order valence-corrected chi connectivity index (χ4v) is 6.04. The van der Waals surface area contributed by atoms with E-state index in [-0.39, 0.29) is 11.9 Å². The number of aromatic amines is 1. The first kappa shape index (κ1) is 25.6. The summed E-state index contributed by atoms with van der Waals surface area (Å²) < 4.78 is 6.48. The van der Waals surface area contributed by atoms with Crippen molar-refractivity contribution in [3.8, 4) is 5.75 Å². The van der Waals surface area contributed by atoms with Gasteiger partial charge in [0.15, 0.2) is 11.5 Å². The van der Waals surface area contributed by atoms with Crippen LogP contribution in [0.1, 0.15) is 44.6 Å². The summed E-state index contributed by atoms with van der Waals surface area (Å²) in [7, 11) is 0. The number of rotatable bonds is 9. The van der Waals surface area contributed by atoms with Gasteiger partial charge in [-0.25, -0.2) is 15.0 Å². The monoisotopic (exact) mass is 527 g/mol. The van der Waals surface area contributed by atoms with Crippen LogP contribution in [0.15, 0.2) is 49.1 Å². The zero-order valence-corrected chi connectivity index (χ0v) is 22.7. The van der Waals surface area contributed by atoms with E-state index in [1.54, 1.807) is 19.6 Å². The van der Waals surface area contributed by atoms with Crippen LogP contribution >= 0.6 is 0 Å². The molecule has 2 fully saturated rings. The molecular weight excluding hydrogens is 490 g/mol. The molecule has 1 amide bonds. The van der Waals surface area contributed by atoms with Gasteiger partial charge in [0, 0.05) is 38.5 Å². The molecule has 0 saturated carbocycles. The lowest BCUT2D eigenvalue weighted by Crippen LogP contribution is -2.39. The molecule has 0 unspecified atom stereocenters. The smallest absolute Gasteiger partial charge is 0.219 e. The average Bonchev–Trinajstić information content (AvgIpc) is 3.65. The summed E-state index contributed by atoms with van der Waals surface area (Å²) >= 11 is 0. The Balaban J connectivity index is 1.17. The van der Waals surface area contributed by atoms with Crippen LogP contribution < -0.4 is 9.64 Å². The summed E-state index contributed by atoms with van der Waals surface area (Å²) in [6.45, 7) is 7.76. The number of carbonyl (C=O) groups excluding carboxylic acids is 1. The first-order valence-corrected chi connectivity index (χ1v) is 14.2. The van der Waals surface area contributed by atoms with Crippen molar-refractivity contribution >= 4 is 33.7 Å². The van der Waals surface area contributed by atoms with Crippen molar-refractivity contribution in [1.29, 1.82) is 0 Å². The number of aromatic nitrogens is 4. The Bertz CT molecular complexity index is 1430. The highest BCUT2D eigenvalue weighted by molar-refractivity contribution is 5.91. The number of hydrogen-bond donors (Lipinski definition) is 1. The Kier molecular flexibility index (Phi) is 7.58. The van der Waals surface area contributed by atoms with E-state index in [4.69, 9.17) is 4.74 Å². The third-order valence-electron chi connectivity index (χ3n) is 8.20. The topological polar surface area (TPSA) is 90.5 Å². The number of hydrogen-bond acceptors (Lipinski definition) is 7. The van der Waals surface area contributed by atoms with E-state index in [1.807, 2.05) is 4.90 Å². The van der Waals surface area contributed by atoms with Crippen molar-refractivity contribution in [3.05, 3.63) is 54.6 Å². The predicted molar refractivity (Wildman–Crippen MR) is 153 cm³/mol. The van der Waals surface area contributed by atoms with Crippen molar-refractivity contribution in [2.45, 2.75) is 51.6 Å². The Hall–Kier alpha value is -3.72. The van der Waals surface area contributed by atoms with Crippen molar-refractivity contribution in [2.75, 3.05) is 44.2 Å². The van der Waals surface area contributed by atoms with Gasteiger partial charge in [-0.15, -0.1) is 0 Å². The summed E-state index contributed by atoms with van der Waals surface area (Å²) in [6.07, 6.45) is 9.22. The van der Waals surface area contributed by atoms with Gasteiger partial charge >= 0.3 is 0 Å². The van der Waals surface area contributed by atoms with Crippen molar-refractivity contribution < 1.29 is 9.53 Å². The van der Waals surface area contributed by atoms with Crippen molar-refractivity contribution in [2.24, 2.45) is 0 Å². The molecule has 9 nitrogen and oxygen atoms in total. The lowest BCUT2D eigenvalue weighted by molar-refractivity contribution is -0.129. The lowest BCUT2D eigenvalue weighted by Gasteiger charge is -2.30. The zero-order chi connectivity index (χ0) is 26.6. The number of benzene rings is 2. The molecule has 4 heterocycles. The summed E-state index contributed by atoms with van der Waals surface area (Å²) in [4.78, 5) is 35.6. The second-order valence-electron chi connectivity index (χ2n) is 10.7. The number of nitrogens with one attached hydrogen (secondary N) is 1. The van der Waals surface area contributed by atoms with Crippen LogP contribution in [0.3, 0.4) is 0 Å². The molecule has 39 heavy (non-hydrogen) atoms. The maximum Gasteiger partial charge on any atom is 0.219 e. The average molecular weight is 528 g/mol. The van der Waals surface area contributed by atoms with E-state index in [0.29, 0.717) is 18.8 Å². The van der Waals surface area contributed by atoms with E-state index in [9.17, 15) is 4.79 Å². The maximum absolute atomic E-state index is 12.5. The van der Waals surface area contributed by atoms with Crippen LogP contribution in [-0.4, -0.2) is 81.0 Å². The number of piperidine rings is 1. The van der Waals surface area contributed by atoms with Crippen molar-refractivity contribution in [1.82, 2.24) is 29.7 Å². The number of H-pyrrole nitrogens is 1. The first-order chi connectivity index (χ1) is 19.2. The van der Waals surface area contributed by atoms with Crippen LogP contribution in [0, 0.1) is 0 Å². The molecule has 1 atom stereocenters. The number of imidazole rings is 1. The van der Waals surface area contributed by atoms with Gasteiger partial charge in [-0.3, -0.25) is 4.79 Å². The summed E-state index contributed by atoms with van der Waals surface area (Å²) in [5.41, 5.74) is 2.70. The zero-order valence-electron chi connectivity index (χ0n) is 22.7. The van der Waals surface area contributed by atoms with E-state index >= 15 is 0 Å². The number of likely N-dealkylation sites (tertiary alicyclic amines) is 1. The van der Waals surface area contributed by atoms with E-state index in [1.165, 1.54) is 19.3 Å². The normalized spacial score (nSPS) is 18.2. The van der Waals surface area contributed by atoms with Gasteiger partial charge in [-0.05, 0) is 55.8 Å². The summed E-state index contributed by atoms with van der Waals surface area (Å²) in [6, 6.07) is 12.8.